The summed E-state index contributed by atoms with van der Waals surface area (Å²) in [6.45, 7) is 0.343. The second-order valence-corrected chi connectivity index (χ2v) is 9.14. The smallest absolute Gasteiger partial charge is 0.253 e. The average Bonchev–Trinajstić information content (AvgIpc) is 3.44. The van der Waals surface area contributed by atoms with Crippen LogP contribution in [0.25, 0.3) is 5.82 Å². The molecule has 0 aliphatic carbocycles. The first kappa shape index (κ1) is 17.8. The first-order chi connectivity index (χ1) is 13.1. The van der Waals surface area contributed by atoms with E-state index in [2.05, 4.69) is 15.3 Å². The molecule has 0 bridgehead atoms. The summed E-state index contributed by atoms with van der Waals surface area (Å²) in [4.78, 5) is 21.0. The second kappa shape index (κ2) is 7.22. The van der Waals surface area contributed by atoms with Crippen LogP contribution in [0, 0.1) is 0 Å². The van der Waals surface area contributed by atoms with Gasteiger partial charge in [-0.2, -0.15) is 4.31 Å². The van der Waals surface area contributed by atoms with Crippen LogP contribution in [0.1, 0.15) is 12.8 Å². The highest BCUT2D eigenvalue weighted by atomic mass is 32.2. The molecule has 4 rings (SSSR count). The Balaban J connectivity index is 1.49. The van der Waals surface area contributed by atoms with Crippen molar-refractivity contribution < 1.29 is 13.2 Å². The number of nitrogens with one attached hydrogen (secondary N) is 1. The van der Waals surface area contributed by atoms with Crippen molar-refractivity contribution in [3.05, 3.63) is 54.6 Å². The molecule has 4 heterocycles. The Morgan fingerprint density at radius 1 is 1.30 bits per heavy atom. The fraction of sp³-hybridized carbons (Fsp3) is 0.235. The van der Waals surface area contributed by atoms with Gasteiger partial charge in [0.05, 0.1) is 11.9 Å². The topological polar surface area (TPSA) is 97.2 Å². The van der Waals surface area contributed by atoms with Gasteiger partial charge in [-0.05, 0) is 36.4 Å². The number of amides is 1. The average molecular weight is 403 g/mol. The molecule has 1 saturated heterocycles. The molecule has 1 amide bonds. The lowest BCUT2D eigenvalue weighted by atomic mass is 10.2. The minimum absolute atomic E-state index is 0.258. The SMILES string of the molecule is O=C(Nc1ccc(-n2ccnc2)nc1)C1CCCN1S(=O)(=O)c1cccs1. The van der Waals surface area contributed by atoms with Gasteiger partial charge in [0.25, 0.3) is 10.0 Å². The van der Waals surface area contributed by atoms with Gasteiger partial charge in [0, 0.05) is 18.9 Å². The van der Waals surface area contributed by atoms with E-state index in [1.807, 2.05) is 0 Å². The van der Waals surface area contributed by atoms with Crippen molar-refractivity contribution in [1.29, 1.82) is 0 Å². The van der Waals surface area contributed by atoms with Gasteiger partial charge >= 0.3 is 0 Å². The normalized spacial score (nSPS) is 17.9. The molecule has 0 spiro atoms. The van der Waals surface area contributed by atoms with E-state index < -0.39 is 16.1 Å². The van der Waals surface area contributed by atoms with Crippen LogP contribution in [0.2, 0.25) is 0 Å². The van der Waals surface area contributed by atoms with Gasteiger partial charge < -0.3 is 5.32 Å². The van der Waals surface area contributed by atoms with Crippen LogP contribution < -0.4 is 5.32 Å². The summed E-state index contributed by atoms with van der Waals surface area (Å²) in [5.74, 6) is 0.332. The Kier molecular flexibility index (Phi) is 4.77. The number of nitrogens with zero attached hydrogens (tertiary/aromatic N) is 4. The third kappa shape index (κ3) is 3.51. The fourth-order valence-electron chi connectivity index (χ4n) is 3.05. The Hall–Kier alpha value is -2.56. The lowest BCUT2D eigenvalue weighted by Crippen LogP contribution is -2.42. The fourth-order valence-corrected chi connectivity index (χ4v) is 5.82. The maximum absolute atomic E-state index is 12.8. The molecule has 3 aromatic rings. The van der Waals surface area contributed by atoms with Crippen LogP contribution in [-0.4, -0.2) is 45.8 Å². The van der Waals surface area contributed by atoms with Crippen LogP contribution in [0.5, 0.6) is 0 Å². The standard InChI is InChI=1S/C17H17N5O3S2/c23-17(20-13-5-6-15(19-11-13)21-9-7-18-12-21)14-3-1-8-22(14)27(24,25)16-4-2-10-26-16/h2,4-7,9-12,14H,1,3,8H2,(H,20,23). The van der Waals surface area contributed by atoms with Gasteiger partial charge in [0.1, 0.15) is 22.4 Å². The lowest BCUT2D eigenvalue weighted by Gasteiger charge is -2.22. The monoisotopic (exact) mass is 403 g/mol. The second-order valence-electron chi connectivity index (χ2n) is 6.07. The molecular formula is C17H17N5O3S2. The molecule has 10 heteroatoms. The number of anilines is 1. The lowest BCUT2D eigenvalue weighted by molar-refractivity contribution is -0.119. The number of pyridine rings is 1. The summed E-state index contributed by atoms with van der Waals surface area (Å²) in [6, 6.07) is 6.02. The minimum atomic E-state index is -3.65. The molecule has 1 atom stereocenters. The third-order valence-electron chi connectivity index (χ3n) is 4.35. The number of imidazole rings is 1. The van der Waals surface area contributed by atoms with E-state index in [1.165, 1.54) is 4.31 Å². The Labute approximate surface area is 160 Å². The minimum Gasteiger partial charge on any atom is -0.323 e. The molecular weight excluding hydrogens is 386 g/mol. The summed E-state index contributed by atoms with van der Waals surface area (Å²) < 4.78 is 28.8. The van der Waals surface area contributed by atoms with Crippen molar-refractivity contribution in [3.8, 4) is 5.82 Å². The van der Waals surface area contributed by atoms with Crippen LogP contribution in [-0.2, 0) is 14.8 Å². The zero-order valence-corrected chi connectivity index (χ0v) is 15.9. The Morgan fingerprint density at radius 3 is 2.85 bits per heavy atom. The predicted molar refractivity (Wildman–Crippen MR) is 101 cm³/mol. The van der Waals surface area contributed by atoms with E-state index in [-0.39, 0.29) is 10.1 Å². The van der Waals surface area contributed by atoms with Crippen molar-refractivity contribution in [1.82, 2.24) is 18.8 Å². The summed E-state index contributed by atoms with van der Waals surface area (Å²) >= 11 is 1.16. The molecule has 0 radical (unpaired) electrons. The molecule has 1 aliphatic heterocycles. The number of hydrogen-bond donors (Lipinski definition) is 1. The number of carbonyl (C=O) groups is 1. The molecule has 0 aromatic carbocycles. The molecule has 1 N–H and O–H groups in total. The number of rotatable bonds is 5. The van der Waals surface area contributed by atoms with Crippen LogP contribution in [0.3, 0.4) is 0 Å². The van der Waals surface area contributed by atoms with E-state index in [9.17, 15) is 13.2 Å². The maximum Gasteiger partial charge on any atom is 0.253 e. The number of carbonyl (C=O) groups excluding carboxylic acids is 1. The van der Waals surface area contributed by atoms with Crippen molar-refractivity contribution in [2.24, 2.45) is 0 Å². The van der Waals surface area contributed by atoms with Gasteiger partial charge in [-0.25, -0.2) is 18.4 Å². The Morgan fingerprint density at radius 2 is 2.19 bits per heavy atom. The third-order valence-corrected chi connectivity index (χ3v) is 7.63. The molecule has 1 fully saturated rings. The molecule has 1 aliphatic rings. The highest BCUT2D eigenvalue weighted by Gasteiger charge is 2.39. The van der Waals surface area contributed by atoms with Crippen LogP contribution in [0.15, 0.2) is 58.8 Å². The quantitative estimate of drug-likeness (QED) is 0.704. The number of hydrogen-bond acceptors (Lipinski definition) is 6. The number of sulfonamides is 1. The van der Waals surface area contributed by atoms with E-state index in [4.69, 9.17) is 0 Å². The maximum atomic E-state index is 12.8. The largest absolute Gasteiger partial charge is 0.323 e. The molecule has 1 unspecified atom stereocenters. The number of thiophene rings is 1. The van der Waals surface area contributed by atoms with E-state index in [1.54, 1.807) is 59.1 Å². The first-order valence-electron chi connectivity index (χ1n) is 8.36. The molecule has 140 valence electrons. The van der Waals surface area contributed by atoms with Crippen LogP contribution in [0.4, 0.5) is 5.69 Å². The molecule has 3 aromatic heterocycles. The van der Waals surface area contributed by atoms with Crippen molar-refractivity contribution in [2.45, 2.75) is 23.1 Å². The zero-order valence-electron chi connectivity index (χ0n) is 14.2. The summed E-state index contributed by atoms with van der Waals surface area (Å²) in [7, 11) is -3.65. The van der Waals surface area contributed by atoms with E-state index >= 15 is 0 Å². The van der Waals surface area contributed by atoms with E-state index in [0.717, 1.165) is 11.3 Å². The van der Waals surface area contributed by atoms with Crippen molar-refractivity contribution in [3.63, 3.8) is 0 Å². The number of aromatic nitrogens is 3. The highest BCUT2D eigenvalue weighted by molar-refractivity contribution is 7.91. The van der Waals surface area contributed by atoms with Gasteiger partial charge in [-0.15, -0.1) is 11.3 Å². The van der Waals surface area contributed by atoms with E-state index in [0.29, 0.717) is 30.9 Å². The Bertz CT molecular complexity index is 1020. The summed E-state index contributed by atoms with van der Waals surface area (Å²) in [5, 5.41) is 4.49. The van der Waals surface area contributed by atoms with Crippen LogP contribution >= 0.6 is 11.3 Å². The molecule has 8 nitrogen and oxygen atoms in total. The zero-order chi connectivity index (χ0) is 18.9. The molecule has 0 saturated carbocycles. The first-order valence-corrected chi connectivity index (χ1v) is 10.7. The molecule has 27 heavy (non-hydrogen) atoms. The van der Waals surface area contributed by atoms with Gasteiger partial charge in [0.15, 0.2) is 0 Å². The van der Waals surface area contributed by atoms with Crippen molar-refractivity contribution in [2.75, 3.05) is 11.9 Å². The van der Waals surface area contributed by atoms with Crippen molar-refractivity contribution >= 4 is 33.0 Å². The van der Waals surface area contributed by atoms with Gasteiger partial charge in [0.2, 0.25) is 5.91 Å². The van der Waals surface area contributed by atoms with Gasteiger partial charge in [-0.3, -0.25) is 9.36 Å². The summed E-state index contributed by atoms with van der Waals surface area (Å²) in [5.41, 5.74) is 0.518. The summed E-state index contributed by atoms with van der Waals surface area (Å²) in [6.07, 6.45) is 7.75. The van der Waals surface area contributed by atoms with Gasteiger partial charge in [-0.1, -0.05) is 6.07 Å². The predicted octanol–water partition coefficient (Wildman–Crippen LogP) is 2.12. The highest BCUT2D eigenvalue weighted by Crippen LogP contribution is 2.29.